The molecule has 0 bridgehead atoms. The summed E-state index contributed by atoms with van der Waals surface area (Å²) in [5, 5.41) is 3.56. The number of fused-ring (bicyclic) bond motifs is 1. The lowest BCUT2D eigenvalue weighted by atomic mass is 9.87. The van der Waals surface area contributed by atoms with Gasteiger partial charge in [0.05, 0.1) is 13.2 Å². The molecule has 4 heteroatoms. The van der Waals surface area contributed by atoms with Gasteiger partial charge in [-0.1, -0.05) is 90.5 Å². The van der Waals surface area contributed by atoms with Crippen LogP contribution in [-0.4, -0.2) is 18.3 Å². The lowest BCUT2D eigenvalue weighted by molar-refractivity contribution is -0.167. The van der Waals surface area contributed by atoms with Gasteiger partial charge in [0.25, 0.3) is 0 Å². The van der Waals surface area contributed by atoms with Gasteiger partial charge in [-0.2, -0.15) is 0 Å². The summed E-state index contributed by atoms with van der Waals surface area (Å²) in [5.41, 5.74) is 6.36. The van der Waals surface area contributed by atoms with Crippen molar-refractivity contribution in [2.45, 2.75) is 58.2 Å². The lowest BCUT2D eigenvalue weighted by Crippen LogP contribution is -2.51. The van der Waals surface area contributed by atoms with Gasteiger partial charge in [-0.25, -0.2) is 0 Å². The van der Waals surface area contributed by atoms with Gasteiger partial charge < -0.3 is 19.5 Å². The van der Waals surface area contributed by atoms with Crippen LogP contribution < -0.4 is 10.1 Å². The SMILES string of the molecule is Cc1ccc(COC2C(OCCc3ccccc3)c3cc(NCc4ccccc4)ccc3OC2(C)C)cc1. The molecule has 0 fully saturated rings. The van der Waals surface area contributed by atoms with Gasteiger partial charge in [0.15, 0.2) is 0 Å². The molecule has 4 aromatic carbocycles. The van der Waals surface area contributed by atoms with Crippen molar-refractivity contribution >= 4 is 5.69 Å². The quantitative estimate of drug-likeness (QED) is 0.239. The Bertz CT molecular complexity index is 1300. The minimum absolute atomic E-state index is 0.263. The summed E-state index contributed by atoms with van der Waals surface area (Å²) in [5.74, 6) is 0.847. The third kappa shape index (κ3) is 6.45. The van der Waals surface area contributed by atoms with Crippen molar-refractivity contribution in [3.05, 3.63) is 131 Å². The predicted octanol–water partition coefficient (Wildman–Crippen LogP) is 7.66. The van der Waals surface area contributed by atoms with Gasteiger partial charge in [0, 0.05) is 17.8 Å². The first-order chi connectivity index (χ1) is 18.5. The normalized spacial score (nSPS) is 17.9. The average Bonchev–Trinajstić information content (AvgIpc) is 2.93. The molecule has 5 rings (SSSR count). The van der Waals surface area contributed by atoms with E-state index in [0.717, 1.165) is 35.5 Å². The van der Waals surface area contributed by atoms with E-state index in [9.17, 15) is 0 Å². The molecular weight excluding hydrogens is 470 g/mol. The number of ether oxygens (including phenoxy) is 3. The van der Waals surface area contributed by atoms with Gasteiger partial charge in [-0.05, 0) is 62.1 Å². The standard InChI is InChI=1S/C34H37NO3/c1-25-14-16-28(17-15-25)24-37-33-32(36-21-20-26-10-6-4-7-11-26)30-22-29(18-19-31(30)38-34(33,2)3)35-23-27-12-8-5-9-13-27/h4-19,22,32-33,35H,20-21,23-24H2,1-3H3. The molecule has 0 aromatic heterocycles. The maximum atomic E-state index is 6.65. The largest absolute Gasteiger partial charge is 0.485 e. The zero-order chi connectivity index (χ0) is 26.4. The Morgan fingerprint density at radius 1 is 0.763 bits per heavy atom. The number of nitrogens with one attached hydrogen (secondary N) is 1. The zero-order valence-electron chi connectivity index (χ0n) is 22.5. The Morgan fingerprint density at radius 2 is 1.45 bits per heavy atom. The highest BCUT2D eigenvalue weighted by atomic mass is 16.6. The first-order valence-electron chi connectivity index (χ1n) is 13.4. The summed E-state index contributed by atoms with van der Waals surface area (Å²) in [6.45, 7) is 8.11. The molecule has 1 aliphatic heterocycles. The molecule has 1 N–H and O–H groups in total. The van der Waals surface area contributed by atoms with E-state index in [-0.39, 0.29) is 12.2 Å². The van der Waals surface area contributed by atoms with E-state index in [1.165, 1.54) is 16.7 Å². The predicted molar refractivity (Wildman–Crippen MR) is 154 cm³/mol. The van der Waals surface area contributed by atoms with Crippen LogP contribution in [-0.2, 0) is 29.0 Å². The molecule has 0 amide bonds. The summed E-state index contributed by atoms with van der Waals surface area (Å²) >= 11 is 0. The van der Waals surface area contributed by atoms with E-state index >= 15 is 0 Å². The lowest BCUT2D eigenvalue weighted by Gasteiger charge is -2.44. The zero-order valence-corrected chi connectivity index (χ0v) is 22.5. The molecule has 38 heavy (non-hydrogen) atoms. The highest BCUT2D eigenvalue weighted by Crippen LogP contribution is 2.44. The van der Waals surface area contributed by atoms with E-state index in [1.807, 2.05) is 18.2 Å². The Hall–Kier alpha value is -3.60. The van der Waals surface area contributed by atoms with E-state index in [4.69, 9.17) is 14.2 Å². The van der Waals surface area contributed by atoms with Gasteiger partial charge in [0.2, 0.25) is 0 Å². The molecule has 0 saturated heterocycles. The number of rotatable bonds is 10. The molecule has 0 saturated carbocycles. The number of aryl methyl sites for hydroxylation is 1. The van der Waals surface area contributed by atoms with E-state index in [0.29, 0.717) is 13.2 Å². The van der Waals surface area contributed by atoms with E-state index in [1.54, 1.807) is 0 Å². The van der Waals surface area contributed by atoms with Gasteiger partial charge in [0.1, 0.15) is 23.6 Å². The number of benzene rings is 4. The maximum absolute atomic E-state index is 6.65. The molecule has 2 unspecified atom stereocenters. The molecule has 1 aliphatic rings. The topological polar surface area (TPSA) is 39.7 Å². The van der Waals surface area contributed by atoms with Crippen LogP contribution in [0.25, 0.3) is 0 Å². The molecule has 0 radical (unpaired) electrons. The van der Waals surface area contributed by atoms with Crippen LogP contribution in [0.2, 0.25) is 0 Å². The number of hydrogen-bond acceptors (Lipinski definition) is 4. The fraction of sp³-hybridized carbons (Fsp3) is 0.294. The first kappa shape index (κ1) is 26.0. The van der Waals surface area contributed by atoms with Crippen LogP contribution in [0.4, 0.5) is 5.69 Å². The molecule has 0 spiro atoms. The van der Waals surface area contributed by atoms with Gasteiger partial charge in [-0.3, -0.25) is 0 Å². The Kier molecular flexibility index (Phi) is 8.11. The summed E-state index contributed by atoms with van der Waals surface area (Å²) in [7, 11) is 0. The van der Waals surface area contributed by atoms with Crippen LogP contribution >= 0.6 is 0 Å². The van der Waals surface area contributed by atoms with Crippen LogP contribution in [0.1, 0.15) is 47.8 Å². The second-order valence-electron chi connectivity index (χ2n) is 10.5. The Morgan fingerprint density at radius 3 is 2.16 bits per heavy atom. The fourth-order valence-corrected chi connectivity index (χ4v) is 4.93. The maximum Gasteiger partial charge on any atom is 0.132 e. The van der Waals surface area contributed by atoms with Crippen molar-refractivity contribution in [2.75, 3.05) is 11.9 Å². The molecule has 2 atom stereocenters. The summed E-state index contributed by atoms with van der Waals surface area (Å²) < 4.78 is 19.8. The smallest absolute Gasteiger partial charge is 0.132 e. The van der Waals surface area contributed by atoms with Crippen molar-refractivity contribution < 1.29 is 14.2 Å². The van der Waals surface area contributed by atoms with Crippen molar-refractivity contribution in [1.82, 2.24) is 0 Å². The van der Waals surface area contributed by atoms with Gasteiger partial charge in [-0.15, -0.1) is 0 Å². The van der Waals surface area contributed by atoms with Crippen LogP contribution in [0.3, 0.4) is 0 Å². The van der Waals surface area contributed by atoms with Crippen molar-refractivity contribution in [3.8, 4) is 5.75 Å². The highest BCUT2D eigenvalue weighted by Gasteiger charge is 2.45. The van der Waals surface area contributed by atoms with E-state index in [2.05, 4.69) is 111 Å². The first-order valence-corrected chi connectivity index (χ1v) is 13.4. The van der Waals surface area contributed by atoms with Crippen molar-refractivity contribution in [1.29, 1.82) is 0 Å². The molecule has 0 aliphatic carbocycles. The molecule has 4 aromatic rings. The number of hydrogen-bond donors (Lipinski definition) is 1. The Balaban J connectivity index is 1.39. The van der Waals surface area contributed by atoms with Gasteiger partial charge >= 0.3 is 0 Å². The summed E-state index contributed by atoms with van der Waals surface area (Å²) in [6.07, 6.45) is 0.294. The van der Waals surface area contributed by atoms with E-state index < -0.39 is 5.60 Å². The van der Waals surface area contributed by atoms with Crippen molar-refractivity contribution in [3.63, 3.8) is 0 Å². The molecule has 1 heterocycles. The summed E-state index contributed by atoms with van der Waals surface area (Å²) in [4.78, 5) is 0. The fourth-order valence-electron chi connectivity index (χ4n) is 4.93. The summed E-state index contributed by atoms with van der Waals surface area (Å²) in [6, 6.07) is 35.6. The molecule has 196 valence electrons. The van der Waals surface area contributed by atoms with Crippen LogP contribution in [0.5, 0.6) is 5.75 Å². The second-order valence-corrected chi connectivity index (χ2v) is 10.5. The van der Waals surface area contributed by atoms with Crippen LogP contribution in [0, 0.1) is 6.92 Å². The number of anilines is 1. The third-order valence-corrected chi connectivity index (χ3v) is 7.07. The Labute approximate surface area is 226 Å². The molecular formula is C34H37NO3. The average molecular weight is 508 g/mol. The second kappa shape index (κ2) is 11.8. The van der Waals surface area contributed by atoms with Crippen molar-refractivity contribution in [2.24, 2.45) is 0 Å². The monoisotopic (exact) mass is 507 g/mol. The third-order valence-electron chi connectivity index (χ3n) is 7.07. The minimum atomic E-state index is -0.561. The van der Waals surface area contributed by atoms with Crippen LogP contribution in [0.15, 0.2) is 103 Å². The minimum Gasteiger partial charge on any atom is -0.485 e. The molecule has 4 nitrogen and oxygen atoms in total. The highest BCUT2D eigenvalue weighted by molar-refractivity contribution is 5.54.